The van der Waals surface area contributed by atoms with Crippen molar-refractivity contribution in [3.8, 4) is 22.8 Å². The summed E-state index contributed by atoms with van der Waals surface area (Å²) >= 11 is 0. The van der Waals surface area contributed by atoms with Gasteiger partial charge in [-0.1, -0.05) is 18.2 Å². The molecule has 0 saturated heterocycles. The zero-order chi connectivity index (χ0) is 20.4. The molecule has 2 heterocycles. The van der Waals surface area contributed by atoms with Gasteiger partial charge in [0.25, 0.3) is 0 Å². The molecule has 0 fully saturated rings. The van der Waals surface area contributed by atoms with E-state index in [2.05, 4.69) is 15.7 Å². The van der Waals surface area contributed by atoms with Gasteiger partial charge in [0.2, 0.25) is 11.8 Å². The average molecular weight is 392 g/mol. The zero-order valence-corrected chi connectivity index (χ0v) is 16.0. The number of carbonyl (C=O) groups excluding carboxylic acids is 2. The van der Waals surface area contributed by atoms with E-state index >= 15 is 0 Å². The molecule has 1 aliphatic rings. The van der Waals surface area contributed by atoms with E-state index in [-0.39, 0.29) is 18.2 Å². The molecule has 8 heteroatoms. The molecule has 0 spiro atoms. The Morgan fingerprint density at radius 3 is 2.59 bits per heavy atom. The summed E-state index contributed by atoms with van der Waals surface area (Å²) in [4.78, 5) is 25.0. The number of rotatable bonds is 5. The van der Waals surface area contributed by atoms with Crippen molar-refractivity contribution in [3.05, 3.63) is 54.6 Å². The molecule has 148 valence electrons. The number of hydrogen-bond donors (Lipinski definition) is 2. The first-order valence-electron chi connectivity index (χ1n) is 9.06. The molecule has 1 unspecified atom stereocenters. The molecule has 2 amide bonds. The van der Waals surface area contributed by atoms with Crippen LogP contribution in [-0.2, 0) is 9.59 Å². The molecule has 1 aromatic heterocycles. The third-order valence-corrected chi connectivity index (χ3v) is 4.70. The van der Waals surface area contributed by atoms with Crippen LogP contribution in [0.4, 0.5) is 11.5 Å². The SMILES string of the molecule is COc1ccc(-c2cc3n(n2)C(C(=O)Nc2ccccc2)CC(=O)N3)cc1OC. The van der Waals surface area contributed by atoms with Crippen molar-refractivity contribution in [3.63, 3.8) is 0 Å². The molecular formula is C21H20N4O4. The van der Waals surface area contributed by atoms with E-state index in [9.17, 15) is 9.59 Å². The van der Waals surface area contributed by atoms with E-state index in [1.54, 1.807) is 49.2 Å². The van der Waals surface area contributed by atoms with E-state index < -0.39 is 6.04 Å². The van der Waals surface area contributed by atoms with Gasteiger partial charge < -0.3 is 20.1 Å². The van der Waals surface area contributed by atoms with Gasteiger partial charge >= 0.3 is 0 Å². The van der Waals surface area contributed by atoms with Crippen LogP contribution in [0, 0.1) is 0 Å². The second-order valence-electron chi connectivity index (χ2n) is 6.55. The van der Waals surface area contributed by atoms with Gasteiger partial charge in [-0.3, -0.25) is 9.59 Å². The lowest BCUT2D eigenvalue weighted by atomic mass is 10.1. The standard InChI is InChI=1S/C21H20N4O4/c1-28-17-9-8-13(10-18(17)29-2)15-11-19-23-20(26)12-16(25(19)24-15)21(27)22-14-6-4-3-5-7-14/h3-11,16H,12H2,1-2H3,(H,22,27)(H,23,26). The van der Waals surface area contributed by atoms with Gasteiger partial charge in [0.05, 0.1) is 26.3 Å². The highest BCUT2D eigenvalue weighted by atomic mass is 16.5. The molecule has 0 radical (unpaired) electrons. The molecule has 0 bridgehead atoms. The van der Waals surface area contributed by atoms with Crippen molar-refractivity contribution in [2.75, 3.05) is 24.9 Å². The van der Waals surface area contributed by atoms with Gasteiger partial charge in [-0.2, -0.15) is 5.10 Å². The number of carbonyl (C=O) groups is 2. The van der Waals surface area contributed by atoms with Crippen LogP contribution in [0.1, 0.15) is 12.5 Å². The fourth-order valence-corrected chi connectivity index (χ4v) is 3.27. The summed E-state index contributed by atoms with van der Waals surface area (Å²) < 4.78 is 12.2. The van der Waals surface area contributed by atoms with Gasteiger partial charge in [0, 0.05) is 17.3 Å². The molecule has 1 atom stereocenters. The second-order valence-corrected chi connectivity index (χ2v) is 6.55. The molecule has 29 heavy (non-hydrogen) atoms. The number of nitrogens with one attached hydrogen (secondary N) is 2. The maximum atomic E-state index is 12.8. The van der Waals surface area contributed by atoms with Crippen LogP contribution in [0.5, 0.6) is 11.5 Å². The fraction of sp³-hybridized carbons (Fsp3) is 0.190. The van der Waals surface area contributed by atoms with E-state index in [0.29, 0.717) is 28.7 Å². The monoisotopic (exact) mass is 392 g/mol. The predicted octanol–water partition coefficient (Wildman–Crippen LogP) is 3.09. The van der Waals surface area contributed by atoms with Crippen molar-refractivity contribution in [1.82, 2.24) is 9.78 Å². The summed E-state index contributed by atoms with van der Waals surface area (Å²) in [6.45, 7) is 0. The minimum absolute atomic E-state index is 0.0126. The van der Waals surface area contributed by atoms with Crippen LogP contribution in [0.3, 0.4) is 0 Å². The highest BCUT2D eigenvalue weighted by Crippen LogP contribution is 2.34. The highest BCUT2D eigenvalue weighted by Gasteiger charge is 2.32. The summed E-state index contributed by atoms with van der Waals surface area (Å²) in [5.41, 5.74) is 2.05. The van der Waals surface area contributed by atoms with Crippen LogP contribution < -0.4 is 20.1 Å². The number of nitrogens with zero attached hydrogens (tertiary/aromatic N) is 2. The Morgan fingerprint density at radius 2 is 1.86 bits per heavy atom. The lowest BCUT2D eigenvalue weighted by Crippen LogP contribution is -2.35. The van der Waals surface area contributed by atoms with Crippen molar-refractivity contribution in [1.29, 1.82) is 0 Å². The minimum atomic E-state index is -0.743. The lowest BCUT2D eigenvalue weighted by molar-refractivity contribution is -0.125. The van der Waals surface area contributed by atoms with Crippen molar-refractivity contribution >= 4 is 23.3 Å². The predicted molar refractivity (Wildman–Crippen MR) is 108 cm³/mol. The molecular weight excluding hydrogens is 372 g/mol. The van der Waals surface area contributed by atoms with Crippen LogP contribution in [0.15, 0.2) is 54.6 Å². The summed E-state index contributed by atoms with van der Waals surface area (Å²) in [6.07, 6.45) is 0.0126. The van der Waals surface area contributed by atoms with Gasteiger partial charge in [0.1, 0.15) is 11.9 Å². The molecule has 0 aliphatic carbocycles. The topological polar surface area (TPSA) is 94.5 Å². The number of anilines is 2. The van der Waals surface area contributed by atoms with Gasteiger partial charge in [-0.05, 0) is 30.3 Å². The highest BCUT2D eigenvalue weighted by molar-refractivity contribution is 6.01. The Labute approximate surface area is 167 Å². The van der Waals surface area contributed by atoms with E-state index in [4.69, 9.17) is 9.47 Å². The summed E-state index contributed by atoms with van der Waals surface area (Å²) in [6, 6.07) is 15.5. The Morgan fingerprint density at radius 1 is 1.10 bits per heavy atom. The summed E-state index contributed by atoms with van der Waals surface area (Å²) in [7, 11) is 3.13. The van der Waals surface area contributed by atoms with Crippen LogP contribution in [0.25, 0.3) is 11.3 Å². The molecule has 2 N–H and O–H groups in total. The molecule has 8 nitrogen and oxygen atoms in total. The van der Waals surface area contributed by atoms with E-state index in [0.717, 1.165) is 5.56 Å². The second kappa shape index (κ2) is 7.67. The first-order valence-corrected chi connectivity index (χ1v) is 9.06. The Balaban J connectivity index is 1.66. The zero-order valence-electron chi connectivity index (χ0n) is 16.0. The Bertz CT molecular complexity index is 1060. The maximum absolute atomic E-state index is 12.8. The molecule has 4 rings (SSSR count). The normalized spacial score (nSPS) is 15.2. The fourth-order valence-electron chi connectivity index (χ4n) is 3.27. The van der Waals surface area contributed by atoms with Crippen LogP contribution >= 0.6 is 0 Å². The minimum Gasteiger partial charge on any atom is -0.493 e. The van der Waals surface area contributed by atoms with Crippen LogP contribution in [-0.4, -0.2) is 35.8 Å². The lowest BCUT2D eigenvalue weighted by Gasteiger charge is -2.23. The first-order chi connectivity index (χ1) is 14.1. The number of ether oxygens (including phenoxy) is 2. The van der Waals surface area contributed by atoms with Gasteiger partial charge in [-0.15, -0.1) is 0 Å². The number of para-hydroxylation sites is 1. The van der Waals surface area contributed by atoms with Gasteiger partial charge in [-0.25, -0.2) is 4.68 Å². The van der Waals surface area contributed by atoms with Crippen molar-refractivity contribution in [2.24, 2.45) is 0 Å². The Hall–Kier alpha value is -3.81. The molecule has 2 aromatic carbocycles. The van der Waals surface area contributed by atoms with Crippen molar-refractivity contribution in [2.45, 2.75) is 12.5 Å². The number of fused-ring (bicyclic) bond motifs is 1. The van der Waals surface area contributed by atoms with Crippen LogP contribution in [0.2, 0.25) is 0 Å². The summed E-state index contributed by atoms with van der Waals surface area (Å²) in [5, 5.41) is 10.2. The largest absolute Gasteiger partial charge is 0.493 e. The smallest absolute Gasteiger partial charge is 0.249 e. The van der Waals surface area contributed by atoms with E-state index in [1.165, 1.54) is 0 Å². The molecule has 1 aliphatic heterocycles. The third kappa shape index (κ3) is 3.64. The van der Waals surface area contributed by atoms with Gasteiger partial charge in [0.15, 0.2) is 11.5 Å². The quantitative estimate of drug-likeness (QED) is 0.696. The van der Waals surface area contributed by atoms with E-state index in [1.807, 2.05) is 24.3 Å². The maximum Gasteiger partial charge on any atom is 0.249 e. The number of methoxy groups -OCH3 is 2. The molecule has 0 saturated carbocycles. The number of aromatic nitrogens is 2. The van der Waals surface area contributed by atoms with Crippen molar-refractivity contribution < 1.29 is 19.1 Å². The number of benzene rings is 2. The third-order valence-electron chi connectivity index (χ3n) is 4.70. The average Bonchev–Trinajstić information content (AvgIpc) is 3.17. The molecule has 3 aromatic rings. The first kappa shape index (κ1) is 18.5. The number of hydrogen-bond acceptors (Lipinski definition) is 5. The summed E-state index contributed by atoms with van der Waals surface area (Å²) in [5.74, 6) is 1.12. The number of amides is 2. The Kier molecular flexibility index (Phi) is 4.90.